The maximum absolute atomic E-state index is 9.82. The van der Waals surface area contributed by atoms with Crippen LogP contribution in [-0.4, -0.2) is 59.0 Å². The molecule has 0 aromatic rings. The van der Waals surface area contributed by atoms with Crippen molar-refractivity contribution in [3.8, 4) is 0 Å². The summed E-state index contributed by atoms with van der Waals surface area (Å²) >= 11 is 0. The smallest absolute Gasteiger partial charge is 0.293 e. The summed E-state index contributed by atoms with van der Waals surface area (Å²) < 4.78 is 25.7. The van der Waals surface area contributed by atoms with Crippen LogP contribution in [0.25, 0.3) is 0 Å². The predicted molar refractivity (Wildman–Crippen MR) is 65.3 cm³/mol. The van der Waals surface area contributed by atoms with Crippen LogP contribution >= 0.6 is 0 Å². The third-order valence-corrected chi connectivity index (χ3v) is 1.99. The highest BCUT2D eigenvalue weighted by molar-refractivity contribution is 5.36. The number of hydrogen-bond acceptors (Lipinski definition) is 6. The predicted octanol–water partition coefficient (Wildman–Crippen LogP) is 0.982. The molecule has 0 fully saturated rings. The molecule has 0 aliphatic rings. The number of rotatable bonds is 14. The van der Waals surface area contributed by atoms with Crippen molar-refractivity contribution in [3.63, 3.8) is 0 Å². The number of carbonyl (C=O) groups excluding carboxylic acids is 1. The van der Waals surface area contributed by atoms with E-state index in [2.05, 4.69) is 4.74 Å². The molecule has 0 rings (SSSR count). The average molecular weight is 264 g/mol. The molecule has 0 saturated heterocycles. The molecule has 18 heavy (non-hydrogen) atoms. The van der Waals surface area contributed by atoms with Gasteiger partial charge in [0.1, 0.15) is 6.61 Å². The summed E-state index contributed by atoms with van der Waals surface area (Å²) in [6.45, 7) is 7.75. The van der Waals surface area contributed by atoms with E-state index in [1.807, 2.05) is 13.8 Å². The molecule has 108 valence electrons. The molecule has 0 aliphatic carbocycles. The van der Waals surface area contributed by atoms with E-state index in [0.29, 0.717) is 52.5 Å². The molecule has 0 aromatic heterocycles. The lowest BCUT2D eigenvalue weighted by atomic mass is 10.4. The van der Waals surface area contributed by atoms with Crippen LogP contribution in [-0.2, 0) is 28.5 Å². The Morgan fingerprint density at radius 2 is 1.44 bits per heavy atom. The first kappa shape index (κ1) is 17.3. The van der Waals surface area contributed by atoms with Crippen LogP contribution < -0.4 is 0 Å². The van der Waals surface area contributed by atoms with Gasteiger partial charge in [0.2, 0.25) is 0 Å². The summed E-state index contributed by atoms with van der Waals surface area (Å²) in [7, 11) is 0. The Kier molecular flexibility index (Phi) is 13.8. The van der Waals surface area contributed by atoms with Crippen LogP contribution in [0.4, 0.5) is 0 Å². The van der Waals surface area contributed by atoms with Gasteiger partial charge >= 0.3 is 0 Å². The number of carbonyl (C=O) groups is 1. The molecule has 0 atom stereocenters. The molecular weight excluding hydrogens is 240 g/mol. The fourth-order valence-corrected chi connectivity index (χ4v) is 1.24. The molecule has 0 bridgehead atoms. The maximum Gasteiger partial charge on any atom is 0.293 e. The molecule has 0 heterocycles. The van der Waals surface area contributed by atoms with Gasteiger partial charge < -0.3 is 23.7 Å². The molecule has 0 saturated carbocycles. The molecule has 0 aliphatic heterocycles. The second kappa shape index (κ2) is 14.4. The first-order valence-corrected chi connectivity index (χ1v) is 6.29. The van der Waals surface area contributed by atoms with Crippen LogP contribution in [0.2, 0.25) is 0 Å². The standard InChI is InChI=1S/C12H24O6/c1-3-17-12(18-4-2)5-6-14-7-8-15-9-10-16-11-13/h11-12H,3-10H2,1-2H3. The van der Waals surface area contributed by atoms with Crippen molar-refractivity contribution in [2.75, 3.05) is 46.2 Å². The summed E-state index contributed by atoms with van der Waals surface area (Å²) in [5, 5.41) is 0. The molecular formula is C12H24O6. The van der Waals surface area contributed by atoms with Gasteiger partial charge in [-0.15, -0.1) is 0 Å². The maximum atomic E-state index is 9.82. The molecule has 6 nitrogen and oxygen atoms in total. The van der Waals surface area contributed by atoms with E-state index in [1.54, 1.807) is 0 Å². The SMILES string of the molecule is CCOC(CCOCCOCCOC=O)OCC. The van der Waals surface area contributed by atoms with Gasteiger partial charge in [-0.05, 0) is 13.8 Å². The van der Waals surface area contributed by atoms with Gasteiger partial charge in [0.05, 0.1) is 26.4 Å². The first-order valence-electron chi connectivity index (χ1n) is 6.29. The molecule has 0 unspecified atom stereocenters. The second-order valence-corrected chi connectivity index (χ2v) is 3.32. The van der Waals surface area contributed by atoms with Crippen LogP contribution in [0.1, 0.15) is 20.3 Å². The van der Waals surface area contributed by atoms with Gasteiger partial charge in [0.25, 0.3) is 6.47 Å². The third kappa shape index (κ3) is 11.8. The zero-order chi connectivity index (χ0) is 13.5. The van der Waals surface area contributed by atoms with Gasteiger partial charge in [-0.3, -0.25) is 4.79 Å². The van der Waals surface area contributed by atoms with Crippen molar-refractivity contribution in [1.82, 2.24) is 0 Å². The summed E-state index contributed by atoms with van der Waals surface area (Å²) in [6, 6.07) is 0. The molecule has 0 aromatic carbocycles. The van der Waals surface area contributed by atoms with E-state index in [1.165, 1.54) is 0 Å². The molecule has 0 amide bonds. The first-order chi connectivity index (χ1) is 8.85. The lowest BCUT2D eigenvalue weighted by Gasteiger charge is -2.16. The van der Waals surface area contributed by atoms with Crippen molar-refractivity contribution in [2.45, 2.75) is 26.6 Å². The van der Waals surface area contributed by atoms with E-state index >= 15 is 0 Å². The lowest BCUT2D eigenvalue weighted by molar-refractivity contribution is -0.147. The van der Waals surface area contributed by atoms with E-state index < -0.39 is 0 Å². The van der Waals surface area contributed by atoms with Gasteiger partial charge in [-0.1, -0.05) is 0 Å². The van der Waals surface area contributed by atoms with E-state index in [9.17, 15) is 4.79 Å². The fraction of sp³-hybridized carbons (Fsp3) is 0.917. The van der Waals surface area contributed by atoms with Crippen molar-refractivity contribution < 1.29 is 28.5 Å². The highest BCUT2D eigenvalue weighted by Gasteiger charge is 2.06. The zero-order valence-corrected chi connectivity index (χ0v) is 11.3. The second-order valence-electron chi connectivity index (χ2n) is 3.32. The van der Waals surface area contributed by atoms with Crippen LogP contribution in [0.3, 0.4) is 0 Å². The quantitative estimate of drug-likeness (QED) is 0.265. The van der Waals surface area contributed by atoms with E-state index in [-0.39, 0.29) is 12.9 Å². The molecule has 6 heteroatoms. The Balaban J connectivity index is 3.24. The Morgan fingerprint density at radius 3 is 2.00 bits per heavy atom. The van der Waals surface area contributed by atoms with E-state index in [4.69, 9.17) is 18.9 Å². The topological polar surface area (TPSA) is 63.2 Å². The summed E-state index contributed by atoms with van der Waals surface area (Å²) in [5.74, 6) is 0. The average Bonchev–Trinajstić information content (AvgIpc) is 2.37. The minimum Gasteiger partial charge on any atom is -0.465 e. The molecule has 0 spiro atoms. The van der Waals surface area contributed by atoms with Crippen molar-refractivity contribution >= 4 is 6.47 Å². The normalized spacial score (nSPS) is 10.8. The summed E-state index contributed by atoms with van der Waals surface area (Å²) in [5.41, 5.74) is 0. The molecule has 0 N–H and O–H groups in total. The van der Waals surface area contributed by atoms with Crippen molar-refractivity contribution in [3.05, 3.63) is 0 Å². The number of ether oxygens (including phenoxy) is 5. The Labute approximate surface area is 108 Å². The Morgan fingerprint density at radius 1 is 0.889 bits per heavy atom. The number of hydrogen-bond donors (Lipinski definition) is 0. The van der Waals surface area contributed by atoms with Gasteiger partial charge in [0, 0.05) is 19.6 Å². The zero-order valence-electron chi connectivity index (χ0n) is 11.3. The van der Waals surface area contributed by atoms with E-state index in [0.717, 1.165) is 0 Å². The van der Waals surface area contributed by atoms with Gasteiger partial charge in [0.15, 0.2) is 6.29 Å². The minimum atomic E-state index is -0.193. The highest BCUT2D eigenvalue weighted by atomic mass is 16.7. The van der Waals surface area contributed by atoms with Crippen LogP contribution in [0, 0.1) is 0 Å². The lowest BCUT2D eigenvalue weighted by Crippen LogP contribution is -2.20. The largest absolute Gasteiger partial charge is 0.465 e. The van der Waals surface area contributed by atoms with Crippen molar-refractivity contribution in [2.24, 2.45) is 0 Å². The minimum absolute atomic E-state index is 0.193. The van der Waals surface area contributed by atoms with Crippen molar-refractivity contribution in [1.29, 1.82) is 0 Å². The monoisotopic (exact) mass is 264 g/mol. The summed E-state index contributed by atoms with van der Waals surface area (Å²) in [4.78, 5) is 9.82. The Hall–Kier alpha value is -0.690. The molecule has 0 radical (unpaired) electrons. The van der Waals surface area contributed by atoms with Crippen LogP contribution in [0.5, 0.6) is 0 Å². The third-order valence-electron chi connectivity index (χ3n) is 1.99. The summed E-state index contributed by atoms with van der Waals surface area (Å²) in [6.07, 6.45) is 0.512. The van der Waals surface area contributed by atoms with Gasteiger partial charge in [-0.25, -0.2) is 0 Å². The van der Waals surface area contributed by atoms with Gasteiger partial charge in [-0.2, -0.15) is 0 Å². The van der Waals surface area contributed by atoms with Crippen LogP contribution in [0.15, 0.2) is 0 Å². The Bertz CT molecular complexity index is 170. The fourth-order valence-electron chi connectivity index (χ4n) is 1.24. The highest BCUT2D eigenvalue weighted by Crippen LogP contribution is 2.01.